The minimum atomic E-state index is -0.955. The number of likely N-dealkylation sites (N-methyl/N-ethyl adjacent to an activating group) is 2. The van der Waals surface area contributed by atoms with Crippen LogP contribution in [0.25, 0.3) is 0 Å². The number of amides is 1. The Morgan fingerprint density at radius 3 is 1.74 bits per heavy atom. The quantitative estimate of drug-likeness (QED) is 0.135. The predicted octanol–water partition coefficient (Wildman–Crippen LogP) is 1.48. The van der Waals surface area contributed by atoms with Gasteiger partial charge in [-0.2, -0.15) is 0 Å². The zero-order chi connectivity index (χ0) is 36.6. The number of carbonyl (C=O) groups excluding carboxylic acids is 4. The molecule has 2 fully saturated rings. The molecular formula is C31H48Cl2I4N6O7. The van der Waals surface area contributed by atoms with E-state index in [1.807, 2.05) is 7.05 Å². The van der Waals surface area contributed by atoms with Gasteiger partial charge >= 0.3 is 56.5 Å². The van der Waals surface area contributed by atoms with Crippen molar-refractivity contribution in [1.82, 2.24) is 15.1 Å². The van der Waals surface area contributed by atoms with Crippen LogP contribution in [0.15, 0.2) is 24.3 Å². The average Bonchev–Trinajstić information content (AvgIpc) is 3.05. The molecule has 50 heavy (non-hydrogen) atoms. The van der Waals surface area contributed by atoms with Gasteiger partial charge in [-0.3, -0.25) is 14.4 Å². The van der Waals surface area contributed by atoms with Gasteiger partial charge in [0.15, 0.2) is 12.6 Å². The number of carbonyl (C=O) groups is 4. The number of rotatable bonds is 7. The minimum absolute atomic E-state index is 0. The summed E-state index contributed by atoms with van der Waals surface area (Å²) in [6.07, 6.45) is 3.04. The van der Waals surface area contributed by atoms with Crippen LogP contribution in [0.2, 0.25) is 10.0 Å². The van der Waals surface area contributed by atoms with Gasteiger partial charge in [0.05, 0.1) is 45.2 Å². The summed E-state index contributed by atoms with van der Waals surface area (Å²) in [4.78, 5) is 49.2. The number of nitrogens with two attached hydrogens (primary N) is 3. The summed E-state index contributed by atoms with van der Waals surface area (Å²) in [6, 6.07) is 5.46. The topological polar surface area (TPSA) is 206 Å². The van der Waals surface area contributed by atoms with E-state index >= 15 is 0 Å². The van der Waals surface area contributed by atoms with Crippen molar-refractivity contribution in [2.24, 2.45) is 5.73 Å². The average molecular weight is 1200 g/mol. The zero-order valence-electron chi connectivity index (χ0n) is 27.4. The van der Waals surface area contributed by atoms with Crippen molar-refractivity contribution in [2.75, 3.05) is 66.0 Å². The van der Waals surface area contributed by atoms with E-state index in [1.54, 1.807) is 14.2 Å². The number of nitrogen functional groups attached to an aromatic ring is 2. The van der Waals surface area contributed by atoms with Gasteiger partial charge in [0.1, 0.15) is 5.56 Å². The Bertz CT molecular complexity index is 1390. The summed E-state index contributed by atoms with van der Waals surface area (Å²) in [5, 5.41) is 10.2. The van der Waals surface area contributed by atoms with Crippen molar-refractivity contribution in [3.63, 3.8) is 0 Å². The van der Waals surface area contributed by atoms with Crippen LogP contribution in [0.1, 0.15) is 61.7 Å². The van der Waals surface area contributed by atoms with Crippen molar-refractivity contribution in [1.29, 1.82) is 0 Å². The summed E-state index contributed by atoms with van der Waals surface area (Å²) >= 11 is 16.9. The molecule has 2 aliphatic heterocycles. The Labute approximate surface area is 351 Å². The number of hydrogen-bond acceptors (Lipinski definition) is 11. The van der Waals surface area contributed by atoms with E-state index < -0.39 is 5.97 Å². The van der Waals surface area contributed by atoms with E-state index in [-0.39, 0.29) is 105 Å². The Morgan fingerprint density at radius 2 is 1.32 bits per heavy atom. The Kier molecular flexibility index (Phi) is 28.2. The standard InChI is InChI=1S/C15H20ClN3O3.C8H6ClNO3.C7H16N2O.CH4.I3.HI/c1-19-4-3-13(14(7-19)22-2)18-15(21)10-6-11(16)12(17)5-9(10)8-20;9-6-2-5(8(12)13)4(3-11)1-7(6)10;1-9-4-3-6(8)7(5-9)10-2;;1-3-2;/h5-6,8,13-14H,3-4,7,17H2,1-2H3,(H,18,21);1-3H,10H2,(H,12,13);6-7H,3-5,8H2,1-2H3;1H4;;1H/q;;;;-1;/p+1/t13-,14+;;6-,7+;;;/m1.1.../s1. The van der Waals surface area contributed by atoms with E-state index in [1.165, 1.54) is 24.3 Å². The maximum absolute atomic E-state index is 12.5. The first-order chi connectivity index (χ1) is 22.7. The fourth-order valence-corrected chi connectivity index (χ4v) is 5.19. The van der Waals surface area contributed by atoms with Gasteiger partial charge < -0.3 is 46.9 Å². The summed E-state index contributed by atoms with van der Waals surface area (Å²) in [5.41, 5.74) is 17.9. The van der Waals surface area contributed by atoms with Crippen molar-refractivity contribution >= 4 is 120 Å². The minimum Gasteiger partial charge on any atom is -0.561 e. The number of likely N-dealkylation sites (tertiary alicyclic amines) is 2. The first kappa shape index (κ1) is 51.7. The van der Waals surface area contributed by atoms with Gasteiger partial charge in [0.25, 0.3) is 5.91 Å². The van der Waals surface area contributed by atoms with Gasteiger partial charge in [-0.25, -0.2) is 0 Å². The number of anilines is 2. The molecule has 19 heteroatoms. The third-order valence-electron chi connectivity index (χ3n) is 7.58. The van der Waals surface area contributed by atoms with Crippen LogP contribution in [0, 0.1) is 0 Å². The molecule has 2 heterocycles. The molecule has 0 spiro atoms. The van der Waals surface area contributed by atoms with Crippen molar-refractivity contribution < 1.29 is 47.0 Å². The molecule has 0 unspecified atom stereocenters. The second kappa shape index (κ2) is 27.2. The molecule has 0 radical (unpaired) electrons. The van der Waals surface area contributed by atoms with E-state index in [0.29, 0.717) is 25.8 Å². The van der Waals surface area contributed by atoms with Crippen LogP contribution in [0.5, 0.6) is 0 Å². The molecule has 4 atom stereocenters. The Morgan fingerprint density at radius 1 is 0.900 bits per heavy atom. The van der Waals surface area contributed by atoms with Crippen LogP contribution < -0.4 is 35.8 Å². The number of benzene rings is 2. The third-order valence-corrected chi connectivity index (χ3v) is 8.23. The Hall–Kier alpha value is -0.380. The molecule has 9 N–H and O–H groups in total. The largest absolute Gasteiger partial charge is 0.561 e. The molecule has 0 aromatic heterocycles. The number of piperidine rings is 2. The van der Waals surface area contributed by atoms with Gasteiger partial charge in [-0.05, 0) is 64.3 Å². The van der Waals surface area contributed by atoms with Gasteiger partial charge in [0.2, 0.25) is 0 Å². The fraction of sp³-hybridized carbons (Fsp3) is 0.484. The van der Waals surface area contributed by atoms with Crippen molar-refractivity contribution in [3.05, 3.63) is 56.6 Å². The van der Waals surface area contributed by atoms with Crippen molar-refractivity contribution in [3.8, 4) is 0 Å². The van der Waals surface area contributed by atoms with Crippen LogP contribution in [0.3, 0.4) is 0 Å². The second-order valence-corrected chi connectivity index (χ2v) is 28.0. The van der Waals surface area contributed by atoms with E-state index in [4.69, 9.17) is 55.0 Å². The molecule has 13 nitrogen and oxygen atoms in total. The number of nitrogens with one attached hydrogen (secondary N) is 1. The molecule has 2 aromatic carbocycles. The number of ether oxygens (including phenoxy) is 2. The molecule has 1 amide bonds. The maximum atomic E-state index is 12.5. The molecule has 0 aliphatic carbocycles. The molecule has 286 valence electrons. The summed E-state index contributed by atoms with van der Waals surface area (Å²) in [7, 11) is 7.45. The first-order valence-electron chi connectivity index (χ1n) is 14.4. The number of nitrogens with zero attached hydrogens (tertiary/aromatic N) is 2. The Balaban J connectivity index is 0. The van der Waals surface area contributed by atoms with Crippen molar-refractivity contribution in [2.45, 2.75) is 44.6 Å². The van der Waals surface area contributed by atoms with Gasteiger partial charge in [-0.15, -0.1) is 24.0 Å². The van der Waals surface area contributed by atoms with Gasteiger partial charge in [-0.1, -0.05) is 30.6 Å². The third kappa shape index (κ3) is 17.2. The first-order valence-corrected chi connectivity index (χ1v) is 27.7. The van der Waals surface area contributed by atoms with E-state index in [0.717, 1.165) is 39.0 Å². The van der Waals surface area contributed by atoms with Crippen LogP contribution in [-0.2, 0) is 9.47 Å². The summed E-state index contributed by atoms with van der Waals surface area (Å²) in [6.45, 7) is 3.68. The number of halogens is 6. The smallest absolute Gasteiger partial charge is 0.549 e. The van der Waals surface area contributed by atoms with Crippen LogP contribution >= 0.6 is 84.4 Å². The molecule has 0 saturated carbocycles. The number of hydrogen-bond donors (Lipinski definition) is 4. The van der Waals surface area contributed by atoms with E-state index in [2.05, 4.69) is 59.4 Å². The monoisotopic (exact) mass is 1190 g/mol. The molecule has 2 saturated heterocycles. The zero-order valence-corrected chi connectivity index (χ0v) is 37.7. The normalized spacial score (nSPS) is 20.0. The van der Waals surface area contributed by atoms with Crippen LogP contribution in [-0.4, -0.2) is 118 Å². The molecular weight excluding hydrogens is 1150 g/mol. The fourth-order valence-electron chi connectivity index (χ4n) is 4.86. The molecule has 0 bridgehead atoms. The summed E-state index contributed by atoms with van der Waals surface area (Å²) in [5.74, 6) is -1.30. The second-order valence-electron chi connectivity index (χ2n) is 10.9. The number of methoxy groups -OCH3 is 2. The predicted molar refractivity (Wildman–Crippen MR) is 226 cm³/mol. The molecule has 2 aliphatic rings. The SMILES string of the molecule is C.CO[C@H]1CN(C)CC[C@H]1N.CO[C@H]1CN(C)CC[C@H]1NC(=O)c1cc(Cl)c(N)cc1C=O.I.I[I-]I.Nc1cc(C=O)c(C(=O)[OH2+])cc1Cl. The van der Waals surface area contributed by atoms with E-state index in [9.17, 15) is 19.2 Å². The summed E-state index contributed by atoms with van der Waals surface area (Å²) < 4.78 is 10.6. The molecule has 4 rings (SSSR count). The number of aldehydes is 2. The van der Waals surface area contributed by atoms with Gasteiger partial charge in [0, 0.05) is 49.3 Å². The van der Waals surface area contributed by atoms with Crippen LogP contribution in [0.4, 0.5) is 11.4 Å². The molecule has 2 aromatic rings. The maximum Gasteiger partial charge on any atom is 0.549 e.